The molecule has 0 heterocycles. The highest BCUT2D eigenvalue weighted by Gasteiger charge is 2.20. The fourth-order valence-electron chi connectivity index (χ4n) is 1.25. The van der Waals surface area contributed by atoms with Crippen LogP contribution in [0.4, 0.5) is 0 Å². The summed E-state index contributed by atoms with van der Waals surface area (Å²) in [7, 11) is -4.31. The van der Waals surface area contributed by atoms with E-state index in [0.717, 1.165) is 0 Å². The number of aryl methyl sites for hydroxylation is 1. The van der Waals surface area contributed by atoms with E-state index in [1.807, 2.05) is 0 Å². The lowest BCUT2D eigenvalue weighted by molar-refractivity contribution is -0.136. The smallest absolute Gasteiger partial charge is 0.356 e. The summed E-state index contributed by atoms with van der Waals surface area (Å²) < 4.78 is 11.0. The van der Waals surface area contributed by atoms with Crippen LogP contribution >= 0.6 is 7.60 Å². The first kappa shape index (κ1) is 17.8. The molecule has 0 saturated heterocycles. The van der Waals surface area contributed by atoms with Gasteiger partial charge in [-0.1, -0.05) is 18.2 Å². The van der Waals surface area contributed by atoms with E-state index in [1.54, 1.807) is 6.07 Å². The highest BCUT2D eigenvalue weighted by molar-refractivity contribution is 7.60. The van der Waals surface area contributed by atoms with E-state index in [9.17, 15) is 9.36 Å². The summed E-state index contributed by atoms with van der Waals surface area (Å²) in [5.74, 6) is -0.990. The highest BCUT2D eigenvalue weighted by Crippen LogP contribution is 2.34. The molecule has 0 radical (unpaired) electrons. The maximum absolute atomic E-state index is 11.0. The number of aliphatic hydroxyl groups is 2. The Hall–Kier alpha value is -1.24. The van der Waals surface area contributed by atoms with Crippen molar-refractivity contribution in [2.75, 3.05) is 13.2 Å². The Morgan fingerprint density at radius 2 is 1.63 bits per heavy atom. The number of aliphatic carboxylic acids is 1. The monoisotopic (exact) mass is 292 g/mol. The fraction of sp³-hybridized carbons (Fsp3) is 0.364. The Morgan fingerprint density at radius 3 is 2.05 bits per heavy atom. The van der Waals surface area contributed by atoms with Gasteiger partial charge in [-0.2, -0.15) is 0 Å². The van der Waals surface area contributed by atoms with Crippen molar-refractivity contribution in [2.24, 2.45) is 0 Å². The van der Waals surface area contributed by atoms with Crippen LogP contribution in [0.1, 0.15) is 12.0 Å². The molecule has 0 aliphatic rings. The lowest BCUT2D eigenvalue weighted by atomic mass is 10.1. The van der Waals surface area contributed by atoms with Crippen LogP contribution in [0.3, 0.4) is 0 Å². The molecule has 19 heavy (non-hydrogen) atoms. The van der Waals surface area contributed by atoms with Crippen LogP contribution in [0.5, 0.6) is 0 Å². The van der Waals surface area contributed by atoms with Crippen LogP contribution in [0, 0.1) is 0 Å². The molecular weight excluding hydrogens is 275 g/mol. The summed E-state index contributed by atoms with van der Waals surface area (Å²) in [5.41, 5.74) is 0.383. The number of carboxylic acid groups (broad SMARTS) is 1. The highest BCUT2D eigenvalue weighted by atomic mass is 31.2. The zero-order valence-electron chi connectivity index (χ0n) is 10.1. The Kier molecular flexibility index (Phi) is 8.22. The average molecular weight is 292 g/mol. The van der Waals surface area contributed by atoms with Gasteiger partial charge in [-0.15, -0.1) is 0 Å². The Labute approximate surface area is 110 Å². The van der Waals surface area contributed by atoms with E-state index in [0.29, 0.717) is 5.56 Å². The molecule has 108 valence electrons. The minimum Gasteiger partial charge on any atom is -0.481 e. The van der Waals surface area contributed by atoms with Crippen LogP contribution in [0.15, 0.2) is 24.3 Å². The lowest BCUT2D eigenvalue weighted by Crippen LogP contribution is -2.12. The molecule has 5 N–H and O–H groups in total. The molecule has 0 spiro atoms. The summed E-state index contributed by atoms with van der Waals surface area (Å²) in [5, 5.41) is 23.6. The van der Waals surface area contributed by atoms with E-state index >= 15 is 0 Å². The van der Waals surface area contributed by atoms with Crippen LogP contribution < -0.4 is 5.30 Å². The number of rotatable bonds is 5. The summed E-state index contributed by atoms with van der Waals surface area (Å²) in [6, 6.07) is 5.98. The second-order valence-electron chi connectivity index (χ2n) is 3.51. The van der Waals surface area contributed by atoms with Gasteiger partial charge in [0.15, 0.2) is 0 Å². The van der Waals surface area contributed by atoms with Gasteiger partial charge in [0.1, 0.15) is 0 Å². The summed E-state index contributed by atoms with van der Waals surface area (Å²) in [6.07, 6.45) is -0.0202. The molecule has 0 bridgehead atoms. The number of hydrogen-bond acceptors (Lipinski definition) is 4. The predicted molar refractivity (Wildman–Crippen MR) is 68.2 cm³/mol. The summed E-state index contributed by atoms with van der Waals surface area (Å²) >= 11 is 0. The zero-order valence-corrected chi connectivity index (χ0v) is 11.0. The van der Waals surface area contributed by atoms with E-state index < -0.39 is 13.6 Å². The largest absolute Gasteiger partial charge is 0.481 e. The molecule has 0 aliphatic carbocycles. The van der Waals surface area contributed by atoms with Crippen molar-refractivity contribution in [1.82, 2.24) is 0 Å². The number of hydrogen-bond donors (Lipinski definition) is 5. The normalized spacial score (nSPS) is 10.5. The van der Waals surface area contributed by atoms with Crippen molar-refractivity contribution < 1.29 is 34.5 Å². The van der Waals surface area contributed by atoms with Crippen LogP contribution in [-0.2, 0) is 15.8 Å². The van der Waals surface area contributed by atoms with Crippen molar-refractivity contribution >= 4 is 18.9 Å². The fourth-order valence-corrected chi connectivity index (χ4v) is 2.09. The Bertz CT molecular complexity index is 438. The van der Waals surface area contributed by atoms with Crippen molar-refractivity contribution in [2.45, 2.75) is 12.8 Å². The molecule has 1 aromatic carbocycles. The van der Waals surface area contributed by atoms with Gasteiger partial charge in [0, 0.05) is 6.42 Å². The predicted octanol–water partition coefficient (Wildman–Crippen LogP) is -0.522. The van der Waals surface area contributed by atoms with Crippen LogP contribution in [0.2, 0.25) is 0 Å². The number of aliphatic hydroxyl groups excluding tert-OH is 2. The molecule has 1 aromatic rings. The van der Waals surface area contributed by atoms with E-state index in [-0.39, 0.29) is 31.4 Å². The van der Waals surface area contributed by atoms with Gasteiger partial charge in [0.25, 0.3) is 0 Å². The quantitative estimate of drug-likeness (QED) is 0.461. The van der Waals surface area contributed by atoms with Crippen LogP contribution in [0.25, 0.3) is 0 Å². The molecule has 0 aliphatic heterocycles. The van der Waals surface area contributed by atoms with Gasteiger partial charge in [-0.25, -0.2) is 0 Å². The average Bonchev–Trinajstić information content (AvgIpc) is 2.36. The molecule has 0 unspecified atom stereocenters. The van der Waals surface area contributed by atoms with Gasteiger partial charge in [0.05, 0.1) is 18.5 Å². The number of carbonyl (C=O) groups is 1. The van der Waals surface area contributed by atoms with Gasteiger partial charge in [0.2, 0.25) is 0 Å². The minimum atomic E-state index is -4.31. The van der Waals surface area contributed by atoms with Crippen molar-refractivity contribution in [3.8, 4) is 0 Å². The molecule has 8 heteroatoms. The van der Waals surface area contributed by atoms with Crippen LogP contribution in [-0.4, -0.2) is 44.3 Å². The topological polar surface area (TPSA) is 135 Å². The summed E-state index contributed by atoms with van der Waals surface area (Å²) in [6.45, 7) is -0.250. The Balaban J connectivity index is 0.000000711. The van der Waals surface area contributed by atoms with E-state index in [4.69, 9.17) is 25.1 Å². The SMILES string of the molecule is O=C(O)CCc1ccccc1P(=O)(O)O.OCCO. The lowest BCUT2D eigenvalue weighted by Gasteiger charge is -2.09. The van der Waals surface area contributed by atoms with Crippen molar-refractivity contribution in [3.05, 3.63) is 29.8 Å². The summed E-state index contributed by atoms with van der Waals surface area (Å²) in [4.78, 5) is 28.3. The first-order valence-electron chi connectivity index (χ1n) is 5.40. The third-order valence-electron chi connectivity index (χ3n) is 2.01. The first-order valence-corrected chi connectivity index (χ1v) is 7.01. The molecule has 0 fully saturated rings. The standard InChI is InChI=1S/C9H11O5P.C2H6O2/c10-9(11)6-5-7-3-1-2-4-8(7)15(12,13)14;3-1-2-4/h1-4H,5-6H2,(H,10,11)(H2,12,13,14);3-4H,1-2H2. The third-order valence-corrected chi connectivity index (χ3v) is 3.08. The molecular formula is C11H17O7P. The molecule has 0 atom stereocenters. The molecule has 1 rings (SSSR count). The number of benzene rings is 1. The van der Waals surface area contributed by atoms with Gasteiger partial charge in [-0.05, 0) is 18.1 Å². The second-order valence-corrected chi connectivity index (χ2v) is 5.08. The van der Waals surface area contributed by atoms with Crippen molar-refractivity contribution in [3.63, 3.8) is 0 Å². The minimum absolute atomic E-state index is 0.0914. The maximum Gasteiger partial charge on any atom is 0.356 e. The maximum atomic E-state index is 11.0. The first-order chi connectivity index (χ1) is 8.82. The third kappa shape index (κ3) is 7.71. The van der Waals surface area contributed by atoms with Gasteiger partial charge >= 0.3 is 13.6 Å². The number of carboxylic acids is 1. The van der Waals surface area contributed by atoms with E-state index in [1.165, 1.54) is 18.2 Å². The van der Waals surface area contributed by atoms with Crippen molar-refractivity contribution in [1.29, 1.82) is 0 Å². The Morgan fingerprint density at radius 1 is 1.11 bits per heavy atom. The molecule has 0 aromatic heterocycles. The molecule has 0 amide bonds. The van der Waals surface area contributed by atoms with Gasteiger partial charge < -0.3 is 25.1 Å². The van der Waals surface area contributed by atoms with E-state index in [2.05, 4.69) is 0 Å². The zero-order chi connectivity index (χ0) is 14.9. The molecule has 7 nitrogen and oxygen atoms in total. The second kappa shape index (κ2) is 8.79. The van der Waals surface area contributed by atoms with Gasteiger partial charge in [-0.3, -0.25) is 9.36 Å². The molecule has 0 saturated carbocycles.